The van der Waals surface area contributed by atoms with Gasteiger partial charge in [0.15, 0.2) is 12.6 Å². The van der Waals surface area contributed by atoms with Gasteiger partial charge in [-0.1, -0.05) is 60.1 Å². The lowest BCUT2D eigenvalue weighted by molar-refractivity contribution is -0.351. The Labute approximate surface area is 314 Å². The van der Waals surface area contributed by atoms with Crippen LogP contribution in [0.4, 0.5) is 0 Å². The molecular formula is C41H66O12. The standard InChI is InChI=1S/C41H66O12/c1-36(2)14-16-41(35(48)49)17-15-39(6)21(22(41)18-36)8-9-26-38(5)12-11-27(37(3,4)25(38)10-13-40(26,39)7)53-33-31(46)29(44)24(20-50-33)52-34-32(47)30(45)28(43)23(19-42)51-34/h8,22-34,42-47H,9-20H2,1-7H3,(H,48,49)/t22-,23+,24+,25-,26+,27-,28+,29-,30-,31+,32+,33-,34-,38-,39+,40+,41-/m0/s1. The number of carboxylic acid groups (broad SMARTS) is 1. The third kappa shape index (κ3) is 5.94. The topological polar surface area (TPSA) is 196 Å². The Morgan fingerprint density at radius 1 is 0.792 bits per heavy atom. The van der Waals surface area contributed by atoms with Gasteiger partial charge in [-0.2, -0.15) is 0 Å². The molecule has 17 atom stereocenters. The minimum Gasteiger partial charge on any atom is -0.481 e. The highest BCUT2D eigenvalue weighted by Crippen LogP contribution is 2.76. The van der Waals surface area contributed by atoms with Crippen LogP contribution in [0.15, 0.2) is 11.6 Å². The number of ether oxygens (including phenoxy) is 4. The van der Waals surface area contributed by atoms with Gasteiger partial charge in [-0.05, 0) is 109 Å². The van der Waals surface area contributed by atoms with Crippen molar-refractivity contribution in [2.24, 2.45) is 50.2 Å². The number of carbonyl (C=O) groups is 1. The molecular weight excluding hydrogens is 684 g/mol. The van der Waals surface area contributed by atoms with Gasteiger partial charge >= 0.3 is 5.97 Å². The number of hydrogen-bond acceptors (Lipinski definition) is 11. The summed E-state index contributed by atoms with van der Waals surface area (Å²) in [6, 6.07) is 0. The van der Waals surface area contributed by atoms with Crippen LogP contribution in [0, 0.1) is 50.2 Å². The molecule has 0 bridgehead atoms. The molecule has 0 spiro atoms. The number of carboxylic acids is 1. The molecule has 0 aromatic rings. The van der Waals surface area contributed by atoms with Crippen LogP contribution in [-0.4, -0.2) is 116 Å². The Morgan fingerprint density at radius 3 is 2.15 bits per heavy atom. The molecule has 0 aromatic heterocycles. The van der Waals surface area contributed by atoms with Crippen LogP contribution in [-0.2, 0) is 23.7 Å². The van der Waals surface area contributed by atoms with Crippen LogP contribution in [0.1, 0.15) is 113 Å². The largest absolute Gasteiger partial charge is 0.481 e. The highest BCUT2D eigenvalue weighted by molar-refractivity contribution is 5.76. The SMILES string of the molecule is CC1(C)CC[C@]2(C(=O)O)CC[C@]3(C)C(=CC[C@@H]4[C@@]5(C)CC[C@H](O[C@@H]6OC[C@@H](O[C@@H]7O[C@H](CO)[C@@H](O)[C@H](O)[C@H]7O)[C@H](O)[C@H]6O)C(C)(C)[C@@H]5CC[C@]43C)[C@@H]2C1. The van der Waals surface area contributed by atoms with Crippen molar-refractivity contribution in [3.8, 4) is 0 Å². The number of aliphatic carboxylic acids is 1. The van der Waals surface area contributed by atoms with Gasteiger partial charge in [0.05, 0.1) is 24.7 Å². The average molecular weight is 751 g/mol. The lowest BCUT2D eigenvalue weighted by Crippen LogP contribution is -2.66. The summed E-state index contributed by atoms with van der Waals surface area (Å²) in [7, 11) is 0. The van der Waals surface area contributed by atoms with E-state index in [0.717, 1.165) is 64.2 Å². The van der Waals surface area contributed by atoms with E-state index in [1.54, 1.807) is 0 Å². The molecule has 7 N–H and O–H groups in total. The first-order chi connectivity index (χ1) is 24.7. The summed E-state index contributed by atoms with van der Waals surface area (Å²) in [6.07, 6.45) is -1.38. The van der Waals surface area contributed by atoms with E-state index in [4.69, 9.17) is 18.9 Å². The molecule has 5 aliphatic carbocycles. The second kappa shape index (κ2) is 13.5. The summed E-state index contributed by atoms with van der Waals surface area (Å²) in [5, 5.41) is 73.2. The first kappa shape index (κ1) is 40.0. The monoisotopic (exact) mass is 750 g/mol. The van der Waals surface area contributed by atoms with E-state index in [0.29, 0.717) is 11.8 Å². The molecule has 0 radical (unpaired) electrons. The van der Waals surface area contributed by atoms with E-state index in [1.165, 1.54) is 5.57 Å². The third-order valence-electron chi connectivity index (χ3n) is 16.9. The van der Waals surface area contributed by atoms with E-state index >= 15 is 0 Å². The molecule has 302 valence electrons. The number of aliphatic hydroxyl groups excluding tert-OH is 6. The maximum absolute atomic E-state index is 13.0. The summed E-state index contributed by atoms with van der Waals surface area (Å²) in [5.41, 5.74) is 0.584. The Balaban J connectivity index is 1.06. The molecule has 2 heterocycles. The van der Waals surface area contributed by atoms with E-state index in [9.17, 15) is 40.5 Å². The lowest BCUT2D eigenvalue weighted by Gasteiger charge is -2.71. The van der Waals surface area contributed by atoms with Gasteiger partial charge in [0.2, 0.25) is 0 Å². The number of aliphatic hydroxyl groups is 6. The second-order valence-corrected chi connectivity index (χ2v) is 20.2. The van der Waals surface area contributed by atoms with Gasteiger partial charge in [-0.3, -0.25) is 4.79 Å². The van der Waals surface area contributed by atoms with Crippen molar-refractivity contribution in [3.05, 3.63) is 11.6 Å². The first-order valence-electron chi connectivity index (χ1n) is 20.2. The highest BCUT2D eigenvalue weighted by Gasteiger charge is 2.69. The molecule has 0 amide bonds. The van der Waals surface area contributed by atoms with Crippen molar-refractivity contribution in [3.63, 3.8) is 0 Å². The van der Waals surface area contributed by atoms with Crippen molar-refractivity contribution >= 4 is 5.97 Å². The number of allylic oxidation sites excluding steroid dienone is 2. The smallest absolute Gasteiger partial charge is 0.310 e. The van der Waals surface area contributed by atoms with E-state index < -0.39 is 73.3 Å². The molecule has 7 rings (SSSR count). The average Bonchev–Trinajstić information content (AvgIpc) is 3.09. The maximum atomic E-state index is 13.0. The Kier molecular flexibility index (Phi) is 10.2. The van der Waals surface area contributed by atoms with Crippen LogP contribution in [0.5, 0.6) is 0 Å². The van der Waals surface area contributed by atoms with E-state index in [2.05, 4.69) is 54.5 Å². The Hall–Kier alpha value is -1.19. The minimum absolute atomic E-state index is 0.0183. The molecule has 2 aliphatic heterocycles. The zero-order valence-electron chi connectivity index (χ0n) is 32.7. The van der Waals surface area contributed by atoms with Crippen LogP contribution in [0.3, 0.4) is 0 Å². The molecule has 12 heteroatoms. The fourth-order valence-electron chi connectivity index (χ4n) is 13.4. The molecule has 0 aromatic carbocycles. The fourth-order valence-corrected chi connectivity index (χ4v) is 13.4. The first-order valence-corrected chi connectivity index (χ1v) is 20.2. The zero-order valence-corrected chi connectivity index (χ0v) is 32.7. The van der Waals surface area contributed by atoms with Crippen molar-refractivity contribution in [2.45, 2.75) is 174 Å². The van der Waals surface area contributed by atoms with Crippen LogP contribution >= 0.6 is 0 Å². The van der Waals surface area contributed by atoms with Crippen LogP contribution in [0.25, 0.3) is 0 Å². The number of hydrogen-bond donors (Lipinski definition) is 7. The normalized spacial score (nSPS) is 53.3. The van der Waals surface area contributed by atoms with Gasteiger partial charge in [0, 0.05) is 0 Å². The predicted octanol–water partition coefficient (Wildman–Crippen LogP) is 3.52. The quantitative estimate of drug-likeness (QED) is 0.155. The third-order valence-corrected chi connectivity index (χ3v) is 16.9. The summed E-state index contributed by atoms with van der Waals surface area (Å²) in [4.78, 5) is 13.0. The number of fused-ring (bicyclic) bond motifs is 7. The van der Waals surface area contributed by atoms with Crippen LogP contribution < -0.4 is 0 Å². The van der Waals surface area contributed by atoms with Gasteiger partial charge < -0.3 is 54.7 Å². The molecule has 2 saturated heterocycles. The summed E-state index contributed by atoms with van der Waals surface area (Å²) in [5.74, 6) is 0.218. The molecule has 0 unspecified atom stereocenters. The minimum atomic E-state index is -1.65. The summed E-state index contributed by atoms with van der Waals surface area (Å²) >= 11 is 0. The molecule has 53 heavy (non-hydrogen) atoms. The zero-order chi connectivity index (χ0) is 38.7. The molecule has 12 nitrogen and oxygen atoms in total. The molecule has 4 saturated carbocycles. The van der Waals surface area contributed by atoms with Crippen molar-refractivity contribution in [1.29, 1.82) is 0 Å². The Morgan fingerprint density at radius 2 is 1.47 bits per heavy atom. The molecule has 7 aliphatic rings. The van der Waals surface area contributed by atoms with E-state index in [-0.39, 0.29) is 45.7 Å². The van der Waals surface area contributed by atoms with Gasteiger partial charge in [-0.15, -0.1) is 0 Å². The van der Waals surface area contributed by atoms with Crippen molar-refractivity contribution < 1.29 is 59.5 Å². The van der Waals surface area contributed by atoms with Crippen molar-refractivity contribution in [2.75, 3.05) is 13.2 Å². The van der Waals surface area contributed by atoms with E-state index in [1.807, 2.05) is 0 Å². The summed E-state index contributed by atoms with van der Waals surface area (Å²) < 4.78 is 23.7. The predicted molar refractivity (Wildman–Crippen MR) is 192 cm³/mol. The van der Waals surface area contributed by atoms with Crippen molar-refractivity contribution in [1.82, 2.24) is 0 Å². The number of rotatable bonds is 6. The van der Waals surface area contributed by atoms with Gasteiger partial charge in [0.1, 0.15) is 42.7 Å². The molecule has 6 fully saturated rings. The van der Waals surface area contributed by atoms with Crippen LogP contribution in [0.2, 0.25) is 0 Å². The van der Waals surface area contributed by atoms with Gasteiger partial charge in [-0.25, -0.2) is 0 Å². The summed E-state index contributed by atoms with van der Waals surface area (Å²) in [6.45, 7) is 15.8. The Bertz CT molecular complexity index is 1430. The second-order valence-electron chi connectivity index (χ2n) is 20.2. The highest BCUT2D eigenvalue weighted by atomic mass is 16.7. The lowest BCUT2D eigenvalue weighted by atomic mass is 9.33. The van der Waals surface area contributed by atoms with Gasteiger partial charge in [0.25, 0.3) is 0 Å². The fraction of sp³-hybridized carbons (Fsp3) is 0.927. The maximum Gasteiger partial charge on any atom is 0.310 e.